The molecule has 1 amide bonds. The Balaban J connectivity index is 1.59. The molecule has 0 aliphatic carbocycles. The van der Waals surface area contributed by atoms with Crippen LogP contribution in [0.2, 0.25) is 5.02 Å². The van der Waals surface area contributed by atoms with Crippen LogP contribution in [0.3, 0.4) is 0 Å². The number of H-pyrrole nitrogens is 1. The van der Waals surface area contributed by atoms with Gasteiger partial charge in [-0.15, -0.1) is 0 Å². The van der Waals surface area contributed by atoms with Gasteiger partial charge in [0.25, 0.3) is 5.91 Å². The van der Waals surface area contributed by atoms with E-state index < -0.39 is 0 Å². The van der Waals surface area contributed by atoms with E-state index in [1.807, 2.05) is 12.1 Å². The molecule has 25 heavy (non-hydrogen) atoms. The van der Waals surface area contributed by atoms with Crippen LogP contribution in [0.5, 0.6) is 5.75 Å². The maximum absolute atomic E-state index is 12.6. The van der Waals surface area contributed by atoms with Crippen LogP contribution in [0.15, 0.2) is 24.4 Å². The summed E-state index contributed by atoms with van der Waals surface area (Å²) in [6.45, 7) is 1.90. The van der Waals surface area contributed by atoms with Crippen LogP contribution in [0, 0.1) is 0 Å². The molecule has 1 N–H and O–H groups in total. The van der Waals surface area contributed by atoms with Crippen molar-refractivity contribution in [2.24, 2.45) is 0 Å². The highest BCUT2D eigenvalue weighted by atomic mass is 35.5. The number of nitrogens with one attached hydrogen (secondary N) is 1. The van der Waals surface area contributed by atoms with Crippen molar-refractivity contribution in [3.05, 3.63) is 46.2 Å². The van der Waals surface area contributed by atoms with E-state index in [0.717, 1.165) is 30.6 Å². The minimum absolute atomic E-state index is 0.117. The molecule has 1 aromatic heterocycles. The summed E-state index contributed by atoms with van der Waals surface area (Å²) in [5.74, 6) is 0.752. The highest BCUT2D eigenvalue weighted by Crippen LogP contribution is 2.45. The summed E-state index contributed by atoms with van der Waals surface area (Å²) in [5, 5.41) is 6.86. The number of hydrogen-bond acceptors (Lipinski definition) is 4. The number of likely N-dealkylation sites (tertiary alicyclic amines) is 1. The summed E-state index contributed by atoms with van der Waals surface area (Å²) in [6.07, 6.45) is 3.81. The Morgan fingerprint density at radius 3 is 2.88 bits per heavy atom. The standard InChI is InChI=1S/C18H20ClN3O3/c1-24-14-4-2-3-12-5-10-25-18(15(12)14)6-8-22(9-7-18)17(23)16-13(19)11-20-21-16/h2-4,11H,5-10H2,1H3,(H,20,21). The SMILES string of the molecule is COc1cccc2c1C1(CCN(C(=O)c3[nH]ncc3Cl)CC1)OCC2. The molecule has 1 fully saturated rings. The molecule has 3 heterocycles. The van der Waals surface area contributed by atoms with E-state index in [1.165, 1.54) is 11.8 Å². The maximum atomic E-state index is 12.6. The number of carbonyl (C=O) groups excluding carboxylic acids is 1. The molecular formula is C18H20ClN3O3. The number of aromatic amines is 1. The Hall–Kier alpha value is -2.05. The van der Waals surface area contributed by atoms with Crippen LogP contribution in [0.25, 0.3) is 0 Å². The molecule has 2 aromatic rings. The molecule has 0 bridgehead atoms. The molecule has 6 nitrogen and oxygen atoms in total. The molecule has 0 unspecified atom stereocenters. The molecule has 1 saturated heterocycles. The second-order valence-electron chi connectivity index (χ2n) is 6.47. The number of rotatable bonds is 2. The van der Waals surface area contributed by atoms with Gasteiger partial charge in [-0.1, -0.05) is 23.7 Å². The van der Waals surface area contributed by atoms with Gasteiger partial charge in [0.1, 0.15) is 17.0 Å². The number of aromatic nitrogens is 2. The van der Waals surface area contributed by atoms with Gasteiger partial charge in [0, 0.05) is 18.7 Å². The van der Waals surface area contributed by atoms with Crippen molar-refractivity contribution >= 4 is 17.5 Å². The summed E-state index contributed by atoms with van der Waals surface area (Å²) in [4.78, 5) is 14.4. The molecule has 1 spiro atoms. The van der Waals surface area contributed by atoms with Gasteiger partial charge in [-0.05, 0) is 30.9 Å². The average molecular weight is 362 g/mol. The highest BCUT2D eigenvalue weighted by molar-refractivity contribution is 6.33. The van der Waals surface area contributed by atoms with Gasteiger partial charge in [-0.25, -0.2) is 0 Å². The Kier molecular flexibility index (Phi) is 4.17. The molecule has 0 atom stereocenters. The zero-order valence-electron chi connectivity index (χ0n) is 14.0. The Morgan fingerprint density at radius 1 is 1.40 bits per heavy atom. The second kappa shape index (κ2) is 6.35. The van der Waals surface area contributed by atoms with Crippen LogP contribution in [0.4, 0.5) is 0 Å². The van der Waals surface area contributed by atoms with Crippen molar-refractivity contribution < 1.29 is 14.3 Å². The van der Waals surface area contributed by atoms with Gasteiger partial charge >= 0.3 is 0 Å². The van der Waals surface area contributed by atoms with E-state index in [2.05, 4.69) is 16.3 Å². The zero-order valence-corrected chi connectivity index (χ0v) is 14.8. The number of fused-ring (bicyclic) bond motifs is 2. The number of piperidine rings is 1. The number of nitrogens with zero attached hydrogens (tertiary/aromatic N) is 2. The fraction of sp³-hybridized carbons (Fsp3) is 0.444. The third kappa shape index (κ3) is 2.69. The lowest BCUT2D eigenvalue weighted by Crippen LogP contribution is -2.48. The Bertz CT molecular complexity index is 782. The number of halogens is 1. The molecule has 2 aliphatic heterocycles. The Labute approximate surface area is 151 Å². The summed E-state index contributed by atoms with van der Waals surface area (Å²) >= 11 is 6.02. The van der Waals surface area contributed by atoms with Crippen molar-refractivity contribution in [2.45, 2.75) is 24.9 Å². The third-order valence-corrected chi connectivity index (χ3v) is 5.49. The molecule has 4 rings (SSSR count). The summed E-state index contributed by atoms with van der Waals surface area (Å²) in [7, 11) is 1.69. The first-order valence-corrected chi connectivity index (χ1v) is 8.81. The molecule has 1 aromatic carbocycles. The molecule has 0 radical (unpaired) electrons. The van der Waals surface area contributed by atoms with E-state index >= 15 is 0 Å². The number of amides is 1. The lowest BCUT2D eigenvalue weighted by atomic mass is 9.78. The molecule has 7 heteroatoms. The first-order valence-electron chi connectivity index (χ1n) is 8.43. The fourth-order valence-corrected chi connectivity index (χ4v) is 4.12. The van der Waals surface area contributed by atoms with Gasteiger partial charge in [-0.3, -0.25) is 9.89 Å². The summed E-state index contributed by atoms with van der Waals surface area (Å²) < 4.78 is 11.9. The highest BCUT2D eigenvalue weighted by Gasteiger charge is 2.44. The van der Waals surface area contributed by atoms with Crippen molar-refractivity contribution in [1.29, 1.82) is 0 Å². The number of methoxy groups -OCH3 is 1. The molecular weight excluding hydrogens is 342 g/mol. The van der Waals surface area contributed by atoms with Crippen LogP contribution in [-0.4, -0.2) is 47.8 Å². The van der Waals surface area contributed by atoms with Crippen LogP contribution in [-0.2, 0) is 16.8 Å². The van der Waals surface area contributed by atoms with E-state index in [4.69, 9.17) is 21.1 Å². The smallest absolute Gasteiger partial charge is 0.273 e. The monoisotopic (exact) mass is 361 g/mol. The number of benzene rings is 1. The van der Waals surface area contributed by atoms with E-state index in [-0.39, 0.29) is 11.5 Å². The first kappa shape index (κ1) is 16.4. The van der Waals surface area contributed by atoms with Crippen molar-refractivity contribution in [2.75, 3.05) is 26.8 Å². The van der Waals surface area contributed by atoms with Crippen LogP contribution >= 0.6 is 11.6 Å². The van der Waals surface area contributed by atoms with Crippen molar-refractivity contribution in [1.82, 2.24) is 15.1 Å². The largest absolute Gasteiger partial charge is 0.496 e. The number of hydrogen-bond donors (Lipinski definition) is 1. The van der Waals surface area contributed by atoms with E-state index in [0.29, 0.717) is 30.4 Å². The van der Waals surface area contributed by atoms with E-state index in [1.54, 1.807) is 12.0 Å². The lowest BCUT2D eigenvalue weighted by Gasteiger charge is -2.45. The fourth-order valence-electron chi connectivity index (χ4n) is 3.95. The van der Waals surface area contributed by atoms with Crippen molar-refractivity contribution in [3.8, 4) is 5.75 Å². The Morgan fingerprint density at radius 2 is 2.20 bits per heavy atom. The van der Waals surface area contributed by atoms with Crippen molar-refractivity contribution in [3.63, 3.8) is 0 Å². The first-order chi connectivity index (χ1) is 12.1. The molecule has 0 saturated carbocycles. The minimum Gasteiger partial charge on any atom is -0.496 e. The molecule has 132 valence electrons. The van der Waals surface area contributed by atoms with Gasteiger partial charge in [0.05, 0.1) is 24.9 Å². The minimum atomic E-state index is -0.380. The third-order valence-electron chi connectivity index (χ3n) is 5.20. The summed E-state index contributed by atoms with van der Waals surface area (Å²) in [5.41, 5.74) is 2.40. The quantitative estimate of drug-likeness (QED) is 0.893. The maximum Gasteiger partial charge on any atom is 0.273 e. The van der Waals surface area contributed by atoms with Crippen LogP contribution in [0.1, 0.15) is 34.5 Å². The topological polar surface area (TPSA) is 67.5 Å². The van der Waals surface area contributed by atoms with Crippen LogP contribution < -0.4 is 4.74 Å². The van der Waals surface area contributed by atoms with Gasteiger partial charge in [0.15, 0.2) is 0 Å². The van der Waals surface area contributed by atoms with Gasteiger partial charge < -0.3 is 14.4 Å². The second-order valence-corrected chi connectivity index (χ2v) is 6.88. The van der Waals surface area contributed by atoms with Gasteiger partial charge in [0.2, 0.25) is 0 Å². The zero-order chi connectivity index (χ0) is 17.4. The lowest BCUT2D eigenvalue weighted by molar-refractivity contribution is -0.0947. The predicted molar refractivity (Wildman–Crippen MR) is 93.1 cm³/mol. The number of carbonyl (C=O) groups is 1. The predicted octanol–water partition coefficient (Wildman–Crippen LogP) is 2.78. The average Bonchev–Trinajstić information content (AvgIpc) is 3.07. The van der Waals surface area contributed by atoms with Gasteiger partial charge in [-0.2, -0.15) is 5.10 Å². The molecule has 2 aliphatic rings. The number of ether oxygens (including phenoxy) is 2. The normalized spacial score (nSPS) is 18.9. The van der Waals surface area contributed by atoms with E-state index in [9.17, 15) is 4.79 Å². The summed E-state index contributed by atoms with van der Waals surface area (Å²) in [6, 6.07) is 6.15.